The van der Waals surface area contributed by atoms with Gasteiger partial charge in [0, 0.05) is 51.2 Å². The van der Waals surface area contributed by atoms with Crippen LogP contribution in [0.25, 0.3) is 0 Å². The lowest BCUT2D eigenvalue weighted by Gasteiger charge is -2.35. The highest BCUT2D eigenvalue weighted by Crippen LogP contribution is 2.16. The highest BCUT2D eigenvalue weighted by Gasteiger charge is 2.17. The van der Waals surface area contributed by atoms with Gasteiger partial charge in [-0.1, -0.05) is 24.3 Å². The Bertz CT molecular complexity index is 545. The van der Waals surface area contributed by atoms with Crippen molar-refractivity contribution in [3.63, 3.8) is 0 Å². The summed E-state index contributed by atoms with van der Waals surface area (Å²) in [4.78, 5) is 9.39. The van der Waals surface area contributed by atoms with E-state index in [-0.39, 0.29) is 0 Å². The van der Waals surface area contributed by atoms with E-state index in [2.05, 4.69) is 57.2 Å². The van der Waals surface area contributed by atoms with Crippen LogP contribution in [0.3, 0.4) is 0 Å². The van der Waals surface area contributed by atoms with E-state index in [0.29, 0.717) is 6.54 Å². The number of piperazine rings is 1. The van der Waals surface area contributed by atoms with Gasteiger partial charge in [-0.25, -0.2) is 0 Å². The van der Waals surface area contributed by atoms with Gasteiger partial charge in [0.1, 0.15) is 0 Å². The Hall–Kier alpha value is -1.91. The largest absolute Gasteiger partial charge is 0.369 e. The molecule has 4 heteroatoms. The SMILES string of the molecule is NCc1ccc(CN2CCN(c3ccccc3)CC2)nc1. The van der Waals surface area contributed by atoms with E-state index in [1.807, 2.05) is 6.20 Å². The van der Waals surface area contributed by atoms with Crippen LogP contribution in [0.4, 0.5) is 5.69 Å². The van der Waals surface area contributed by atoms with Crippen molar-refractivity contribution in [2.24, 2.45) is 5.73 Å². The van der Waals surface area contributed by atoms with Gasteiger partial charge in [0.05, 0.1) is 5.69 Å². The first-order chi connectivity index (χ1) is 10.3. The highest BCUT2D eigenvalue weighted by molar-refractivity contribution is 5.46. The average molecular weight is 282 g/mol. The molecule has 0 spiro atoms. The van der Waals surface area contributed by atoms with Crippen molar-refractivity contribution in [3.05, 3.63) is 59.9 Å². The third-order valence-electron chi connectivity index (χ3n) is 4.00. The molecule has 0 saturated carbocycles. The zero-order chi connectivity index (χ0) is 14.5. The molecule has 110 valence electrons. The minimum atomic E-state index is 0.559. The minimum absolute atomic E-state index is 0.559. The van der Waals surface area contributed by atoms with Crippen molar-refractivity contribution in [1.29, 1.82) is 0 Å². The number of nitrogens with two attached hydrogens (primary N) is 1. The normalized spacial score (nSPS) is 16.1. The number of nitrogens with zero attached hydrogens (tertiary/aromatic N) is 3. The maximum Gasteiger partial charge on any atom is 0.0544 e. The van der Waals surface area contributed by atoms with E-state index < -0.39 is 0 Å². The topological polar surface area (TPSA) is 45.4 Å². The standard InChI is InChI=1S/C17H22N4/c18-12-15-6-7-16(19-13-15)14-20-8-10-21(11-9-20)17-4-2-1-3-5-17/h1-7,13H,8-12,14,18H2. The smallest absolute Gasteiger partial charge is 0.0544 e. The lowest BCUT2D eigenvalue weighted by Crippen LogP contribution is -2.46. The van der Waals surface area contributed by atoms with Crippen LogP contribution in [-0.2, 0) is 13.1 Å². The summed E-state index contributed by atoms with van der Waals surface area (Å²) in [6.07, 6.45) is 1.88. The lowest BCUT2D eigenvalue weighted by molar-refractivity contribution is 0.247. The summed E-state index contributed by atoms with van der Waals surface area (Å²) in [6.45, 7) is 5.79. The number of hydrogen-bond donors (Lipinski definition) is 1. The fourth-order valence-corrected chi connectivity index (χ4v) is 2.70. The molecule has 3 rings (SSSR count). The Morgan fingerprint density at radius 3 is 2.33 bits per heavy atom. The van der Waals surface area contributed by atoms with E-state index in [1.54, 1.807) is 0 Å². The zero-order valence-corrected chi connectivity index (χ0v) is 12.3. The molecule has 4 nitrogen and oxygen atoms in total. The molecule has 0 atom stereocenters. The Morgan fingerprint density at radius 2 is 1.71 bits per heavy atom. The second-order valence-electron chi connectivity index (χ2n) is 5.46. The molecule has 1 aromatic heterocycles. The Balaban J connectivity index is 1.53. The molecule has 2 N–H and O–H groups in total. The molecule has 1 saturated heterocycles. The third kappa shape index (κ3) is 3.60. The van der Waals surface area contributed by atoms with Crippen LogP contribution in [0, 0.1) is 0 Å². The lowest BCUT2D eigenvalue weighted by atomic mass is 10.2. The molecule has 1 aliphatic rings. The van der Waals surface area contributed by atoms with Crippen molar-refractivity contribution in [2.75, 3.05) is 31.1 Å². The monoisotopic (exact) mass is 282 g/mol. The molecular weight excluding hydrogens is 260 g/mol. The summed E-state index contributed by atoms with van der Waals surface area (Å²) in [6, 6.07) is 14.8. The average Bonchev–Trinajstić information content (AvgIpc) is 2.57. The van der Waals surface area contributed by atoms with Gasteiger partial charge in [-0.05, 0) is 23.8 Å². The zero-order valence-electron chi connectivity index (χ0n) is 12.3. The van der Waals surface area contributed by atoms with Crippen molar-refractivity contribution >= 4 is 5.69 Å². The molecule has 2 aromatic rings. The van der Waals surface area contributed by atoms with Gasteiger partial charge in [-0.15, -0.1) is 0 Å². The van der Waals surface area contributed by atoms with Gasteiger partial charge in [0.2, 0.25) is 0 Å². The molecule has 21 heavy (non-hydrogen) atoms. The van der Waals surface area contributed by atoms with Crippen LogP contribution < -0.4 is 10.6 Å². The fourth-order valence-electron chi connectivity index (χ4n) is 2.70. The van der Waals surface area contributed by atoms with Crippen molar-refractivity contribution in [3.8, 4) is 0 Å². The number of hydrogen-bond acceptors (Lipinski definition) is 4. The number of para-hydroxylation sites is 1. The van der Waals surface area contributed by atoms with Crippen LogP contribution >= 0.6 is 0 Å². The quantitative estimate of drug-likeness (QED) is 0.930. The number of anilines is 1. The first-order valence-electron chi connectivity index (χ1n) is 7.51. The molecule has 1 aliphatic heterocycles. The maximum absolute atomic E-state index is 5.60. The molecule has 0 amide bonds. The molecule has 2 heterocycles. The van der Waals surface area contributed by atoms with E-state index in [0.717, 1.165) is 44.0 Å². The number of benzene rings is 1. The van der Waals surface area contributed by atoms with Gasteiger partial charge >= 0.3 is 0 Å². The second-order valence-corrected chi connectivity index (χ2v) is 5.46. The Kier molecular flexibility index (Phi) is 4.48. The van der Waals surface area contributed by atoms with Crippen LogP contribution in [0.15, 0.2) is 48.7 Å². The summed E-state index contributed by atoms with van der Waals surface area (Å²) >= 11 is 0. The summed E-state index contributed by atoms with van der Waals surface area (Å²) in [5.74, 6) is 0. The maximum atomic E-state index is 5.60. The number of rotatable bonds is 4. The molecule has 0 bridgehead atoms. The predicted molar refractivity (Wildman–Crippen MR) is 86.1 cm³/mol. The van der Waals surface area contributed by atoms with E-state index >= 15 is 0 Å². The molecular formula is C17H22N4. The molecule has 1 aromatic carbocycles. The Labute approximate surface area is 126 Å². The fraction of sp³-hybridized carbons (Fsp3) is 0.353. The summed E-state index contributed by atoms with van der Waals surface area (Å²) in [5, 5.41) is 0. The van der Waals surface area contributed by atoms with Crippen molar-refractivity contribution < 1.29 is 0 Å². The molecule has 1 fully saturated rings. The molecule has 0 radical (unpaired) electrons. The van der Waals surface area contributed by atoms with E-state index in [1.165, 1.54) is 5.69 Å². The van der Waals surface area contributed by atoms with E-state index in [9.17, 15) is 0 Å². The Morgan fingerprint density at radius 1 is 0.952 bits per heavy atom. The van der Waals surface area contributed by atoms with Crippen LogP contribution in [0.2, 0.25) is 0 Å². The van der Waals surface area contributed by atoms with E-state index in [4.69, 9.17) is 5.73 Å². The third-order valence-corrected chi connectivity index (χ3v) is 4.00. The van der Waals surface area contributed by atoms with Crippen molar-refractivity contribution in [1.82, 2.24) is 9.88 Å². The van der Waals surface area contributed by atoms with Gasteiger partial charge in [-0.3, -0.25) is 9.88 Å². The molecule has 0 unspecified atom stereocenters. The first kappa shape index (κ1) is 14.0. The van der Waals surface area contributed by atoms with Gasteiger partial charge < -0.3 is 10.6 Å². The van der Waals surface area contributed by atoms with Gasteiger partial charge in [0.15, 0.2) is 0 Å². The van der Waals surface area contributed by atoms with Crippen LogP contribution in [0.1, 0.15) is 11.3 Å². The second kappa shape index (κ2) is 6.70. The molecule has 0 aliphatic carbocycles. The van der Waals surface area contributed by atoms with Gasteiger partial charge in [0.25, 0.3) is 0 Å². The minimum Gasteiger partial charge on any atom is -0.369 e. The number of pyridine rings is 1. The summed E-state index contributed by atoms with van der Waals surface area (Å²) < 4.78 is 0. The first-order valence-corrected chi connectivity index (χ1v) is 7.51. The van der Waals surface area contributed by atoms with Crippen LogP contribution in [-0.4, -0.2) is 36.1 Å². The summed E-state index contributed by atoms with van der Waals surface area (Å²) in [7, 11) is 0. The number of aromatic nitrogens is 1. The van der Waals surface area contributed by atoms with Crippen molar-refractivity contribution in [2.45, 2.75) is 13.1 Å². The summed E-state index contributed by atoms with van der Waals surface area (Å²) in [5.41, 5.74) is 9.14. The van der Waals surface area contributed by atoms with Crippen LogP contribution in [0.5, 0.6) is 0 Å². The highest BCUT2D eigenvalue weighted by atomic mass is 15.3. The van der Waals surface area contributed by atoms with Gasteiger partial charge in [-0.2, -0.15) is 0 Å². The predicted octanol–water partition coefficient (Wildman–Crippen LogP) is 1.86.